The van der Waals surface area contributed by atoms with Gasteiger partial charge in [-0.2, -0.15) is 8.42 Å². The molecule has 0 saturated heterocycles. The average molecular weight is 315 g/mol. The highest BCUT2D eigenvalue weighted by Gasteiger charge is 2.16. The second kappa shape index (κ2) is 3.85. The molecule has 0 aliphatic carbocycles. The van der Waals surface area contributed by atoms with Crippen molar-refractivity contribution in [3.05, 3.63) is 22.7 Å². The van der Waals surface area contributed by atoms with Crippen LogP contribution in [-0.2, 0) is 20.0 Å². The van der Waals surface area contributed by atoms with Crippen molar-refractivity contribution in [2.24, 2.45) is 0 Å². The zero-order valence-electron chi connectivity index (χ0n) is 7.51. The second-order valence-corrected chi connectivity index (χ2v) is 7.10. The first-order chi connectivity index (χ1) is 6.62. The first kappa shape index (κ1) is 12.6. The molecule has 0 heterocycles. The van der Waals surface area contributed by atoms with Crippen molar-refractivity contribution in [1.29, 1.82) is 0 Å². The van der Waals surface area contributed by atoms with Gasteiger partial charge in [0.25, 0.3) is 10.1 Å². The molecule has 0 atom stereocenters. The van der Waals surface area contributed by atoms with Gasteiger partial charge in [0, 0.05) is 10.7 Å². The van der Waals surface area contributed by atoms with Gasteiger partial charge in [0.1, 0.15) is 0 Å². The Balaban J connectivity index is 3.47. The van der Waals surface area contributed by atoms with E-state index < -0.39 is 20.0 Å². The number of rotatable bonds is 2. The van der Waals surface area contributed by atoms with Gasteiger partial charge in [-0.25, -0.2) is 8.42 Å². The van der Waals surface area contributed by atoms with Crippen LogP contribution >= 0.6 is 15.9 Å². The summed E-state index contributed by atoms with van der Waals surface area (Å²) in [5.41, 5.74) is 0. The molecule has 1 rings (SSSR count). The molecule has 15 heavy (non-hydrogen) atoms. The lowest BCUT2D eigenvalue weighted by Gasteiger charge is -2.03. The Bertz CT molecular complexity index is 588. The van der Waals surface area contributed by atoms with Crippen molar-refractivity contribution in [3.8, 4) is 0 Å². The van der Waals surface area contributed by atoms with Crippen molar-refractivity contribution >= 4 is 35.9 Å². The number of hydrogen-bond donors (Lipinski definition) is 1. The van der Waals surface area contributed by atoms with Crippen LogP contribution in [0.1, 0.15) is 0 Å². The SMILES string of the molecule is CS(=O)(=O)c1ccc(S(=O)(=O)O)cc1Br. The molecule has 0 fully saturated rings. The number of halogens is 1. The zero-order valence-corrected chi connectivity index (χ0v) is 10.7. The van der Waals surface area contributed by atoms with Gasteiger partial charge >= 0.3 is 0 Å². The summed E-state index contributed by atoms with van der Waals surface area (Å²) in [5.74, 6) is 0. The Labute approximate surface area is 95.9 Å². The van der Waals surface area contributed by atoms with Gasteiger partial charge in [-0.15, -0.1) is 0 Å². The quantitative estimate of drug-likeness (QED) is 0.826. The summed E-state index contributed by atoms with van der Waals surface area (Å²) in [5, 5.41) is 0. The fraction of sp³-hybridized carbons (Fsp3) is 0.143. The van der Waals surface area contributed by atoms with Crippen molar-refractivity contribution in [1.82, 2.24) is 0 Å². The summed E-state index contributed by atoms with van der Waals surface area (Å²) in [7, 11) is -7.73. The van der Waals surface area contributed by atoms with E-state index in [-0.39, 0.29) is 14.3 Å². The van der Waals surface area contributed by atoms with Gasteiger partial charge in [0.05, 0.1) is 9.79 Å². The molecule has 0 aromatic heterocycles. The smallest absolute Gasteiger partial charge is 0.282 e. The van der Waals surface area contributed by atoms with Crippen LogP contribution in [0.3, 0.4) is 0 Å². The minimum absolute atomic E-state index is 0.0325. The largest absolute Gasteiger partial charge is 0.294 e. The van der Waals surface area contributed by atoms with E-state index in [0.717, 1.165) is 24.5 Å². The number of sulfone groups is 1. The van der Waals surface area contributed by atoms with Gasteiger partial charge in [-0.3, -0.25) is 4.55 Å². The van der Waals surface area contributed by atoms with Crippen LogP contribution in [0, 0.1) is 0 Å². The molecule has 0 aliphatic heterocycles. The Morgan fingerprint density at radius 1 is 1.20 bits per heavy atom. The van der Waals surface area contributed by atoms with Crippen LogP contribution in [0.25, 0.3) is 0 Å². The summed E-state index contributed by atoms with van der Waals surface area (Å²) < 4.78 is 52.6. The van der Waals surface area contributed by atoms with E-state index in [1.54, 1.807) is 0 Å². The average Bonchev–Trinajstić information content (AvgIpc) is 1.99. The molecule has 0 amide bonds. The van der Waals surface area contributed by atoms with Gasteiger partial charge in [0.2, 0.25) is 0 Å². The molecule has 1 N–H and O–H groups in total. The Kier molecular flexibility index (Phi) is 3.24. The predicted molar refractivity (Wildman–Crippen MR) is 57.1 cm³/mol. The van der Waals surface area contributed by atoms with Gasteiger partial charge < -0.3 is 0 Å². The summed E-state index contributed by atoms with van der Waals surface area (Å²) in [6.45, 7) is 0. The molecular weight excluding hydrogens is 308 g/mol. The molecule has 0 radical (unpaired) electrons. The van der Waals surface area contributed by atoms with E-state index in [0.29, 0.717) is 0 Å². The molecule has 0 bridgehead atoms. The molecule has 0 spiro atoms. The zero-order chi connectivity index (χ0) is 11.9. The Morgan fingerprint density at radius 2 is 1.73 bits per heavy atom. The molecule has 1 aromatic carbocycles. The highest BCUT2D eigenvalue weighted by atomic mass is 79.9. The van der Waals surface area contributed by atoms with Crippen LogP contribution < -0.4 is 0 Å². The summed E-state index contributed by atoms with van der Waals surface area (Å²) in [4.78, 5) is -0.392. The lowest BCUT2D eigenvalue weighted by atomic mass is 10.4. The number of hydrogen-bond acceptors (Lipinski definition) is 4. The molecule has 0 unspecified atom stereocenters. The van der Waals surface area contributed by atoms with E-state index in [9.17, 15) is 16.8 Å². The lowest BCUT2D eigenvalue weighted by molar-refractivity contribution is 0.483. The van der Waals surface area contributed by atoms with Crippen molar-refractivity contribution in [2.75, 3.05) is 6.26 Å². The van der Waals surface area contributed by atoms with E-state index in [4.69, 9.17) is 4.55 Å². The predicted octanol–water partition coefficient (Wildman–Crippen LogP) is 1.10. The summed E-state index contributed by atoms with van der Waals surface area (Å²) >= 11 is 2.92. The number of benzene rings is 1. The van der Waals surface area contributed by atoms with Gasteiger partial charge in [-0.05, 0) is 34.1 Å². The van der Waals surface area contributed by atoms with Crippen molar-refractivity contribution < 1.29 is 21.4 Å². The molecular formula is C7H7BrO5S2. The van der Waals surface area contributed by atoms with Crippen LogP contribution in [0.5, 0.6) is 0 Å². The second-order valence-electron chi connectivity index (χ2n) is 2.84. The van der Waals surface area contributed by atoms with E-state index in [1.807, 2.05) is 0 Å². The van der Waals surface area contributed by atoms with Crippen LogP contribution in [0.4, 0.5) is 0 Å². The topological polar surface area (TPSA) is 88.5 Å². The third-order valence-electron chi connectivity index (χ3n) is 1.60. The maximum atomic E-state index is 11.2. The van der Waals surface area contributed by atoms with Crippen LogP contribution in [0.15, 0.2) is 32.5 Å². The maximum Gasteiger partial charge on any atom is 0.294 e. The van der Waals surface area contributed by atoms with Gasteiger partial charge in [0.15, 0.2) is 9.84 Å². The Hall–Kier alpha value is -0.440. The molecule has 8 heteroatoms. The first-order valence-corrected chi connectivity index (χ1v) is 7.72. The third kappa shape index (κ3) is 3.00. The Morgan fingerprint density at radius 3 is 2.07 bits per heavy atom. The monoisotopic (exact) mass is 314 g/mol. The standard InChI is InChI=1S/C7H7BrO5S2/c1-14(9,10)7-3-2-5(4-6(7)8)15(11,12)13/h2-4H,1H3,(H,11,12,13). The fourth-order valence-corrected chi connectivity index (χ4v) is 3.59. The third-order valence-corrected chi connectivity index (χ3v) is 4.52. The molecule has 0 aliphatic rings. The highest BCUT2D eigenvalue weighted by molar-refractivity contribution is 9.10. The lowest BCUT2D eigenvalue weighted by Crippen LogP contribution is -2.02. The van der Waals surface area contributed by atoms with Crippen molar-refractivity contribution in [2.45, 2.75) is 9.79 Å². The van der Waals surface area contributed by atoms with E-state index >= 15 is 0 Å². The summed E-state index contributed by atoms with van der Waals surface area (Å²) in [6, 6.07) is 3.17. The molecule has 84 valence electrons. The van der Waals surface area contributed by atoms with Crippen LogP contribution in [-0.4, -0.2) is 27.6 Å². The minimum Gasteiger partial charge on any atom is -0.282 e. The minimum atomic E-state index is -4.31. The van der Waals surface area contributed by atoms with E-state index in [2.05, 4.69) is 15.9 Å². The van der Waals surface area contributed by atoms with Crippen LogP contribution in [0.2, 0.25) is 0 Å². The normalized spacial score (nSPS) is 12.7. The molecule has 0 saturated carbocycles. The highest BCUT2D eigenvalue weighted by Crippen LogP contribution is 2.24. The van der Waals surface area contributed by atoms with Gasteiger partial charge in [-0.1, -0.05) is 0 Å². The fourth-order valence-electron chi connectivity index (χ4n) is 0.943. The first-order valence-electron chi connectivity index (χ1n) is 3.59. The molecule has 1 aromatic rings. The van der Waals surface area contributed by atoms with E-state index in [1.165, 1.54) is 0 Å². The molecule has 5 nitrogen and oxygen atoms in total. The van der Waals surface area contributed by atoms with Crippen molar-refractivity contribution in [3.63, 3.8) is 0 Å². The summed E-state index contributed by atoms with van der Waals surface area (Å²) in [6.07, 6.45) is 1.00. The maximum absolute atomic E-state index is 11.2.